The number of amides is 1. The average Bonchev–Trinajstić information content (AvgIpc) is 2.74. The Morgan fingerprint density at radius 1 is 1.06 bits per heavy atom. The molecule has 0 heterocycles. The molecule has 1 atom stereocenters. The van der Waals surface area contributed by atoms with Crippen molar-refractivity contribution >= 4 is 20.7 Å². The smallest absolute Gasteiger partial charge is 0.259 e. The summed E-state index contributed by atoms with van der Waals surface area (Å²) in [5, 5.41) is 11.7. The zero-order valence-electron chi connectivity index (χ0n) is 19.2. The van der Waals surface area contributed by atoms with E-state index >= 15 is 0 Å². The van der Waals surface area contributed by atoms with Gasteiger partial charge in [0, 0.05) is 29.8 Å². The molecule has 0 saturated carbocycles. The number of benzene rings is 1. The van der Waals surface area contributed by atoms with Crippen LogP contribution in [-0.2, 0) is 9.05 Å². The van der Waals surface area contributed by atoms with Gasteiger partial charge in [-0.3, -0.25) is 9.59 Å². The first-order valence-electron chi connectivity index (χ1n) is 10.9. The van der Waals surface area contributed by atoms with E-state index in [0.717, 1.165) is 32.0 Å². The maximum atomic E-state index is 12.1. The van der Waals surface area contributed by atoms with Crippen molar-refractivity contribution in [3.05, 3.63) is 35.4 Å². The maximum absolute atomic E-state index is 12.1. The molecule has 1 aromatic carbocycles. The van der Waals surface area contributed by atoms with Gasteiger partial charge in [-0.05, 0) is 52.7 Å². The van der Waals surface area contributed by atoms with Crippen molar-refractivity contribution in [3.63, 3.8) is 0 Å². The predicted octanol–water partition coefficient (Wildman–Crippen LogP) is 5.08. The van der Waals surface area contributed by atoms with E-state index in [1.54, 1.807) is 24.3 Å². The Labute approximate surface area is 188 Å². The second-order valence-electron chi connectivity index (χ2n) is 7.79. The van der Waals surface area contributed by atoms with Crippen LogP contribution in [0.4, 0.5) is 0 Å². The number of carbonyl (C=O) groups excluding carboxylic acids is 2. The van der Waals surface area contributed by atoms with Crippen LogP contribution in [-0.4, -0.2) is 48.7 Å². The number of aldehydes is 1. The molecule has 1 rings (SSSR count). The molecule has 0 spiro atoms. The molecule has 0 aliphatic carbocycles. The van der Waals surface area contributed by atoms with Crippen molar-refractivity contribution in [2.75, 3.05) is 19.8 Å². The lowest BCUT2D eigenvalue weighted by Crippen LogP contribution is -2.33. The molecule has 7 nitrogen and oxygen atoms in total. The van der Waals surface area contributed by atoms with Gasteiger partial charge < -0.3 is 14.4 Å². The number of hydrogen-bond donors (Lipinski definition) is 1. The summed E-state index contributed by atoms with van der Waals surface area (Å²) in [6.07, 6.45) is 4.95. The summed E-state index contributed by atoms with van der Waals surface area (Å²) in [4.78, 5) is 22.7. The average molecular weight is 450 g/mol. The molecule has 0 aromatic heterocycles. The molecule has 1 unspecified atom stereocenters. The van der Waals surface area contributed by atoms with E-state index in [1.807, 2.05) is 0 Å². The molecule has 1 N–H and O–H groups in total. The molecule has 1 aromatic rings. The van der Waals surface area contributed by atoms with Crippen LogP contribution < -0.4 is 5.32 Å². The van der Waals surface area contributed by atoms with E-state index in [9.17, 15) is 9.59 Å². The second-order valence-corrected chi connectivity index (χ2v) is 9.24. The minimum Gasteiger partial charge on any atom is -0.352 e. The number of nitrogens with zero attached hydrogens (tertiary/aromatic N) is 2. The summed E-state index contributed by atoms with van der Waals surface area (Å²) in [6.45, 7) is 10.1. The molecule has 0 radical (unpaired) electrons. The van der Waals surface area contributed by atoms with Crippen molar-refractivity contribution in [1.29, 1.82) is 5.26 Å². The topological polar surface area (TPSA) is 91.7 Å². The quantitative estimate of drug-likeness (QED) is 0.215. The number of rotatable bonds is 16. The van der Waals surface area contributed by atoms with Crippen LogP contribution in [0.1, 0.15) is 80.5 Å². The second kappa shape index (κ2) is 15.9. The van der Waals surface area contributed by atoms with Gasteiger partial charge in [0.25, 0.3) is 14.4 Å². The number of unbranched alkanes of at least 4 members (excludes halogenated alkanes) is 3. The highest BCUT2D eigenvalue weighted by atomic mass is 31.2. The minimum absolute atomic E-state index is 0.122. The van der Waals surface area contributed by atoms with Gasteiger partial charge in [-0.2, -0.15) is 5.26 Å². The summed E-state index contributed by atoms with van der Waals surface area (Å²) in [7, 11) is -1.18. The van der Waals surface area contributed by atoms with E-state index in [2.05, 4.69) is 43.8 Å². The first kappa shape index (κ1) is 27.2. The molecule has 0 aliphatic rings. The Balaban J connectivity index is 2.26. The van der Waals surface area contributed by atoms with Gasteiger partial charge >= 0.3 is 0 Å². The Morgan fingerprint density at radius 2 is 1.68 bits per heavy atom. The van der Waals surface area contributed by atoms with E-state index in [-0.39, 0.29) is 5.91 Å². The number of hydrogen-bond acceptors (Lipinski definition) is 6. The number of carbonyl (C=O) groups is 2. The minimum atomic E-state index is -1.18. The Morgan fingerprint density at radius 3 is 2.26 bits per heavy atom. The highest BCUT2D eigenvalue weighted by Gasteiger charge is 2.26. The summed E-state index contributed by atoms with van der Waals surface area (Å²) >= 11 is 0. The van der Waals surface area contributed by atoms with Crippen molar-refractivity contribution in [2.24, 2.45) is 0 Å². The summed E-state index contributed by atoms with van der Waals surface area (Å²) in [5.41, 5.74) is 1.12. The molecule has 0 saturated heterocycles. The molecule has 0 bridgehead atoms. The summed E-state index contributed by atoms with van der Waals surface area (Å²) < 4.78 is 14.2. The monoisotopic (exact) mass is 449 g/mol. The maximum Gasteiger partial charge on any atom is 0.259 e. The molecular weight excluding hydrogens is 413 g/mol. The molecule has 1 amide bonds. The van der Waals surface area contributed by atoms with Crippen LogP contribution in [0.5, 0.6) is 0 Å². The SMILES string of the molecule is CC(C)N(C(C)C)P(OCCC#N)OCCCCCCNC(=O)c1ccc(C=O)cc1. The number of nitrogens with one attached hydrogen (secondary N) is 1. The molecular formula is C23H36N3O4P. The molecule has 8 heteroatoms. The molecule has 31 heavy (non-hydrogen) atoms. The third-order valence-electron chi connectivity index (χ3n) is 4.53. The van der Waals surface area contributed by atoms with Gasteiger partial charge in [-0.25, -0.2) is 4.67 Å². The zero-order valence-corrected chi connectivity index (χ0v) is 20.1. The van der Waals surface area contributed by atoms with Gasteiger partial charge in [0.1, 0.15) is 6.29 Å². The van der Waals surface area contributed by atoms with Gasteiger partial charge in [-0.1, -0.05) is 25.0 Å². The fourth-order valence-electron chi connectivity index (χ4n) is 3.05. The predicted molar refractivity (Wildman–Crippen MR) is 124 cm³/mol. The van der Waals surface area contributed by atoms with Crippen LogP contribution in [0.25, 0.3) is 0 Å². The highest BCUT2D eigenvalue weighted by Crippen LogP contribution is 2.46. The normalized spacial score (nSPS) is 12.2. The largest absolute Gasteiger partial charge is 0.352 e. The molecule has 0 fully saturated rings. The van der Waals surface area contributed by atoms with Crippen LogP contribution in [0, 0.1) is 11.3 Å². The van der Waals surface area contributed by atoms with E-state index < -0.39 is 8.53 Å². The third kappa shape index (κ3) is 10.8. The van der Waals surface area contributed by atoms with E-state index in [4.69, 9.17) is 14.3 Å². The Kier molecular flexibility index (Phi) is 13.9. The zero-order chi connectivity index (χ0) is 23.1. The lowest BCUT2D eigenvalue weighted by Gasteiger charge is -2.35. The van der Waals surface area contributed by atoms with Gasteiger partial charge in [-0.15, -0.1) is 0 Å². The van der Waals surface area contributed by atoms with E-state index in [0.29, 0.717) is 49.4 Å². The molecule has 172 valence electrons. The first-order chi connectivity index (χ1) is 14.9. The highest BCUT2D eigenvalue weighted by molar-refractivity contribution is 7.44. The van der Waals surface area contributed by atoms with Crippen LogP contribution in [0.3, 0.4) is 0 Å². The lowest BCUT2D eigenvalue weighted by atomic mass is 10.1. The van der Waals surface area contributed by atoms with Crippen LogP contribution in [0.15, 0.2) is 24.3 Å². The van der Waals surface area contributed by atoms with Gasteiger partial charge in [0.2, 0.25) is 0 Å². The van der Waals surface area contributed by atoms with Crippen molar-refractivity contribution < 1.29 is 18.6 Å². The van der Waals surface area contributed by atoms with Gasteiger partial charge in [0.15, 0.2) is 0 Å². The summed E-state index contributed by atoms with van der Waals surface area (Å²) in [6, 6.07) is 9.30. The summed E-state index contributed by atoms with van der Waals surface area (Å²) in [5.74, 6) is -0.122. The Hall–Kier alpha value is -1.84. The van der Waals surface area contributed by atoms with Crippen molar-refractivity contribution in [2.45, 2.75) is 71.9 Å². The third-order valence-corrected chi connectivity index (χ3v) is 6.64. The Bertz CT molecular complexity index is 681. The van der Waals surface area contributed by atoms with Crippen molar-refractivity contribution in [1.82, 2.24) is 9.99 Å². The fraction of sp³-hybridized carbons (Fsp3) is 0.609. The van der Waals surface area contributed by atoms with Crippen molar-refractivity contribution in [3.8, 4) is 6.07 Å². The lowest BCUT2D eigenvalue weighted by molar-refractivity contribution is 0.0952. The van der Waals surface area contributed by atoms with E-state index in [1.165, 1.54) is 0 Å². The standard InChI is InChI=1S/C23H36N3O4P/c1-19(2)26(20(3)4)31(30-17-9-14-24)29-16-8-6-5-7-15-25-23(28)22-12-10-21(18-27)11-13-22/h10-13,18-20H,5-9,15-17H2,1-4H3,(H,25,28). The van der Waals surface area contributed by atoms with Gasteiger partial charge in [0.05, 0.1) is 25.7 Å². The van der Waals surface area contributed by atoms with Crippen LogP contribution >= 0.6 is 8.53 Å². The number of nitriles is 1. The first-order valence-corrected chi connectivity index (χ1v) is 12.1. The van der Waals surface area contributed by atoms with Crippen LogP contribution in [0.2, 0.25) is 0 Å². The molecule has 0 aliphatic heterocycles. The fourth-order valence-corrected chi connectivity index (χ4v) is 4.68.